The van der Waals surface area contributed by atoms with Gasteiger partial charge in [-0.05, 0) is 43.5 Å². The molecule has 0 heterocycles. The number of hydrogen-bond donors (Lipinski definition) is 1. The fraction of sp³-hybridized carbons (Fsp3) is 0.625. The molecule has 0 amide bonds. The van der Waals surface area contributed by atoms with Gasteiger partial charge >= 0.3 is 6.18 Å². The van der Waals surface area contributed by atoms with Crippen LogP contribution in [0, 0.1) is 5.92 Å². The molecule has 1 nitrogen and oxygen atoms in total. The normalized spacial score (nSPS) is 18.4. The third-order valence-corrected chi connectivity index (χ3v) is 4.33. The van der Waals surface area contributed by atoms with Crippen molar-refractivity contribution in [2.45, 2.75) is 50.7 Å². The van der Waals surface area contributed by atoms with Crippen LogP contribution in [0.15, 0.2) is 24.3 Å². The Morgan fingerprint density at radius 2 is 1.75 bits per heavy atom. The molecule has 0 aromatic heterocycles. The lowest BCUT2D eigenvalue weighted by atomic mass is 9.94. The fourth-order valence-electron chi connectivity index (χ4n) is 3.08. The lowest BCUT2D eigenvalue weighted by Gasteiger charge is -2.19. The van der Waals surface area contributed by atoms with E-state index in [1.165, 1.54) is 37.8 Å². The van der Waals surface area contributed by atoms with Crippen LogP contribution in [0.3, 0.4) is 0 Å². The Morgan fingerprint density at radius 3 is 2.25 bits per heavy atom. The third-order valence-electron chi connectivity index (χ3n) is 4.33. The van der Waals surface area contributed by atoms with Crippen molar-refractivity contribution in [3.05, 3.63) is 35.4 Å². The Hall–Kier alpha value is -1.03. The van der Waals surface area contributed by atoms with E-state index in [1.807, 2.05) is 7.05 Å². The first-order valence-electron chi connectivity index (χ1n) is 7.35. The van der Waals surface area contributed by atoms with E-state index in [0.717, 1.165) is 24.3 Å². The zero-order valence-corrected chi connectivity index (χ0v) is 11.8. The topological polar surface area (TPSA) is 12.0 Å². The van der Waals surface area contributed by atoms with Gasteiger partial charge in [0.15, 0.2) is 0 Å². The minimum atomic E-state index is -4.25. The molecule has 0 radical (unpaired) electrons. The Kier molecular flexibility index (Phi) is 5.08. The van der Waals surface area contributed by atoms with Crippen molar-refractivity contribution in [1.29, 1.82) is 0 Å². The zero-order chi connectivity index (χ0) is 14.6. The average Bonchev–Trinajstić information content (AvgIpc) is 2.92. The second kappa shape index (κ2) is 6.61. The van der Waals surface area contributed by atoms with Gasteiger partial charge in [-0.15, -0.1) is 0 Å². The van der Waals surface area contributed by atoms with Crippen LogP contribution in [-0.4, -0.2) is 7.05 Å². The number of hydrogen-bond acceptors (Lipinski definition) is 1. The minimum Gasteiger partial charge on any atom is -0.313 e. The van der Waals surface area contributed by atoms with Crippen molar-refractivity contribution in [2.24, 2.45) is 5.92 Å². The quantitative estimate of drug-likeness (QED) is 0.808. The smallest absolute Gasteiger partial charge is 0.313 e. The highest BCUT2D eigenvalue weighted by atomic mass is 19.4. The number of alkyl halides is 3. The second-order valence-electron chi connectivity index (χ2n) is 5.69. The molecule has 2 rings (SSSR count). The summed E-state index contributed by atoms with van der Waals surface area (Å²) in [6.45, 7) is 0. The molecule has 1 aliphatic rings. The van der Waals surface area contributed by atoms with Crippen LogP contribution in [0.25, 0.3) is 0 Å². The summed E-state index contributed by atoms with van der Waals surface area (Å²) < 4.78 is 37.6. The summed E-state index contributed by atoms with van der Waals surface area (Å²) in [4.78, 5) is 0. The molecular formula is C16H22F3N. The summed E-state index contributed by atoms with van der Waals surface area (Å²) >= 11 is 0. The molecule has 1 aliphatic carbocycles. The molecule has 0 spiro atoms. The third kappa shape index (κ3) is 3.98. The van der Waals surface area contributed by atoms with Crippen molar-refractivity contribution >= 4 is 0 Å². The molecule has 1 fully saturated rings. The van der Waals surface area contributed by atoms with Gasteiger partial charge in [-0.25, -0.2) is 0 Å². The molecule has 1 unspecified atom stereocenters. The molecule has 1 aromatic rings. The highest BCUT2D eigenvalue weighted by Crippen LogP contribution is 2.33. The van der Waals surface area contributed by atoms with Gasteiger partial charge in [0.25, 0.3) is 0 Å². The van der Waals surface area contributed by atoms with Gasteiger partial charge in [-0.3, -0.25) is 0 Å². The van der Waals surface area contributed by atoms with Crippen LogP contribution in [0.5, 0.6) is 0 Å². The van der Waals surface area contributed by atoms with Gasteiger partial charge < -0.3 is 5.32 Å². The maximum atomic E-state index is 12.5. The van der Waals surface area contributed by atoms with E-state index in [-0.39, 0.29) is 6.04 Å². The number of benzene rings is 1. The predicted molar refractivity (Wildman–Crippen MR) is 74.4 cm³/mol. The van der Waals surface area contributed by atoms with Crippen molar-refractivity contribution in [3.63, 3.8) is 0 Å². The van der Waals surface area contributed by atoms with Crippen LogP contribution < -0.4 is 5.32 Å². The fourth-order valence-corrected chi connectivity index (χ4v) is 3.08. The SMILES string of the molecule is CNC(CCC1CCCC1)c1ccc(C(F)(F)F)cc1. The first-order chi connectivity index (χ1) is 9.50. The highest BCUT2D eigenvalue weighted by Gasteiger charge is 2.30. The van der Waals surface area contributed by atoms with Crippen LogP contribution in [-0.2, 0) is 6.18 Å². The first-order valence-corrected chi connectivity index (χ1v) is 7.35. The molecule has 4 heteroatoms. The van der Waals surface area contributed by atoms with Gasteiger partial charge in [0.1, 0.15) is 0 Å². The minimum absolute atomic E-state index is 0.151. The first kappa shape index (κ1) is 15.4. The van der Waals surface area contributed by atoms with Crippen LogP contribution >= 0.6 is 0 Å². The summed E-state index contributed by atoms with van der Waals surface area (Å²) in [6, 6.07) is 5.69. The predicted octanol–water partition coefficient (Wildman–Crippen LogP) is 4.94. The Morgan fingerprint density at radius 1 is 1.15 bits per heavy atom. The van der Waals surface area contributed by atoms with Gasteiger partial charge in [-0.2, -0.15) is 13.2 Å². The molecule has 0 saturated heterocycles. The second-order valence-corrected chi connectivity index (χ2v) is 5.69. The molecule has 112 valence electrons. The molecular weight excluding hydrogens is 263 g/mol. The summed E-state index contributed by atoms with van der Waals surface area (Å²) in [7, 11) is 1.87. The van der Waals surface area contributed by atoms with Crippen LogP contribution in [0.2, 0.25) is 0 Å². The molecule has 0 aliphatic heterocycles. The van der Waals surface area contributed by atoms with E-state index in [0.29, 0.717) is 0 Å². The molecule has 0 bridgehead atoms. The number of halogens is 3. The maximum Gasteiger partial charge on any atom is 0.416 e. The van der Waals surface area contributed by atoms with E-state index in [9.17, 15) is 13.2 Å². The van der Waals surface area contributed by atoms with E-state index < -0.39 is 11.7 Å². The zero-order valence-electron chi connectivity index (χ0n) is 11.8. The molecule has 1 aromatic carbocycles. The summed E-state index contributed by atoms with van der Waals surface area (Å²) in [5.41, 5.74) is 0.366. The van der Waals surface area contributed by atoms with E-state index in [1.54, 1.807) is 12.1 Å². The number of nitrogens with one attached hydrogen (secondary N) is 1. The van der Waals surface area contributed by atoms with Crippen molar-refractivity contribution < 1.29 is 13.2 Å². The lowest BCUT2D eigenvalue weighted by Crippen LogP contribution is -2.17. The van der Waals surface area contributed by atoms with Crippen molar-refractivity contribution in [2.75, 3.05) is 7.05 Å². The number of rotatable bonds is 5. The summed E-state index contributed by atoms with van der Waals surface area (Å²) in [5.74, 6) is 0.806. The van der Waals surface area contributed by atoms with E-state index in [4.69, 9.17) is 0 Å². The summed E-state index contributed by atoms with van der Waals surface area (Å²) in [5, 5.41) is 3.22. The van der Waals surface area contributed by atoms with Gasteiger partial charge in [-0.1, -0.05) is 37.8 Å². The van der Waals surface area contributed by atoms with Gasteiger partial charge in [0, 0.05) is 6.04 Å². The van der Waals surface area contributed by atoms with E-state index >= 15 is 0 Å². The van der Waals surface area contributed by atoms with Gasteiger partial charge in [0.2, 0.25) is 0 Å². The van der Waals surface area contributed by atoms with Crippen LogP contribution in [0.1, 0.15) is 55.7 Å². The Balaban J connectivity index is 1.96. The van der Waals surface area contributed by atoms with Crippen molar-refractivity contribution in [1.82, 2.24) is 5.32 Å². The largest absolute Gasteiger partial charge is 0.416 e. The Labute approximate surface area is 118 Å². The monoisotopic (exact) mass is 285 g/mol. The summed E-state index contributed by atoms with van der Waals surface area (Å²) in [6.07, 6.45) is 3.17. The van der Waals surface area contributed by atoms with Crippen LogP contribution in [0.4, 0.5) is 13.2 Å². The molecule has 1 atom stereocenters. The average molecular weight is 285 g/mol. The van der Waals surface area contributed by atoms with Crippen molar-refractivity contribution in [3.8, 4) is 0 Å². The maximum absolute atomic E-state index is 12.5. The molecule has 1 N–H and O–H groups in total. The standard InChI is InChI=1S/C16H22F3N/c1-20-15(11-6-12-4-2-3-5-12)13-7-9-14(10-8-13)16(17,18)19/h7-10,12,15,20H,2-6,11H2,1H3. The molecule has 20 heavy (non-hydrogen) atoms. The lowest BCUT2D eigenvalue weighted by molar-refractivity contribution is -0.137. The molecule has 1 saturated carbocycles. The highest BCUT2D eigenvalue weighted by molar-refractivity contribution is 5.26. The Bertz CT molecular complexity index is 405. The van der Waals surface area contributed by atoms with Gasteiger partial charge in [0.05, 0.1) is 5.56 Å². The van der Waals surface area contributed by atoms with E-state index in [2.05, 4.69) is 5.32 Å².